The van der Waals surface area contributed by atoms with Crippen LogP contribution >= 0.6 is 0 Å². The maximum Gasteiger partial charge on any atom is 0.157 e. The van der Waals surface area contributed by atoms with Gasteiger partial charge in [0.05, 0.1) is 16.6 Å². The van der Waals surface area contributed by atoms with Gasteiger partial charge in [-0.1, -0.05) is 25.0 Å². The maximum absolute atomic E-state index is 9.85. The quantitative estimate of drug-likeness (QED) is 0.671. The van der Waals surface area contributed by atoms with Gasteiger partial charge in [-0.3, -0.25) is 4.40 Å². The summed E-state index contributed by atoms with van der Waals surface area (Å²) < 4.78 is 2.28. The number of benzene rings is 1. The second kappa shape index (κ2) is 5.77. The van der Waals surface area contributed by atoms with E-state index >= 15 is 0 Å². The van der Waals surface area contributed by atoms with E-state index in [1.807, 2.05) is 6.07 Å². The predicted molar refractivity (Wildman–Crippen MR) is 100 cm³/mol. The molecule has 4 nitrogen and oxygen atoms in total. The van der Waals surface area contributed by atoms with Crippen LogP contribution in [0.1, 0.15) is 48.8 Å². The molecule has 1 aliphatic carbocycles. The van der Waals surface area contributed by atoms with E-state index < -0.39 is 0 Å². The van der Waals surface area contributed by atoms with Crippen molar-refractivity contribution in [3.8, 4) is 6.07 Å². The van der Waals surface area contributed by atoms with Crippen molar-refractivity contribution in [3.63, 3.8) is 0 Å². The van der Waals surface area contributed by atoms with Crippen LogP contribution in [0.4, 0.5) is 5.82 Å². The fourth-order valence-corrected chi connectivity index (χ4v) is 4.68. The second-order valence-corrected chi connectivity index (χ2v) is 7.28. The number of para-hydroxylation sites is 2. The first-order valence-corrected chi connectivity index (χ1v) is 9.48. The third-order valence-corrected chi connectivity index (χ3v) is 5.80. The van der Waals surface area contributed by atoms with E-state index in [1.54, 1.807) is 0 Å². The molecule has 25 heavy (non-hydrogen) atoms. The lowest BCUT2D eigenvalue weighted by Gasteiger charge is -2.27. The number of anilines is 1. The van der Waals surface area contributed by atoms with E-state index in [4.69, 9.17) is 4.98 Å². The van der Waals surface area contributed by atoms with Crippen LogP contribution in [0.3, 0.4) is 0 Å². The number of imidazole rings is 1. The number of hydrogen-bond donors (Lipinski definition) is 0. The zero-order chi connectivity index (χ0) is 16.8. The molecule has 0 radical (unpaired) electrons. The van der Waals surface area contributed by atoms with E-state index in [2.05, 4.69) is 33.6 Å². The van der Waals surface area contributed by atoms with Crippen molar-refractivity contribution in [1.29, 1.82) is 5.26 Å². The molecule has 3 aromatic rings. The zero-order valence-corrected chi connectivity index (χ0v) is 14.5. The topological polar surface area (TPSA) is 44.3 Å². The standard InChI is InChI=1S/C21H22N4/c22-14-17-15-8-7-9-16(15)21(24-12-5-1-2-6-13-24)25-19-11-4-3-10-18(19)23-20(17)25/h3-4,10-11H,1-2,5-9,12-13H2. The van der Waals surface area contributed by atoms with Gasteiger partial charge in [0.2, 0.25) is 0 Å². The van der Waals surface area contributed by atoms with Crippen molar-refractivity contribution in [2.24, 2.45) is 0 Å². The van der Waals surface area contributed by atoms with Crippen molar-refractivity contribution < 1.29 is 0 Å². The van der Waals surface area contributed by atoms with Gasteiger partial charge >= 0.3 is 0 Å². The third-order valence-electron chi connectivity index (χ3n) is 5.80. The van der Waals surface area contributed by atoms with E-state index in [9.17, 15) is 5.26 Å². The minimum Gasteiger partial charge on any atom is -0.357 e. The SMILES string of the molecule is N#Cc1c2c(c(N3CCCCCC3)n3c1nc1ccccc13)CCC2. The predicted octanol–water partition coefficient (Wildman–Crippen LogP) is 4.23. The number of fused-ring (bicyclic) bond motifs is 4. The summed E-state index contributed by atoms with van der Waals surface area (Å²) in [5.41, 5.74) is 6.41. The van der Waals surface area contributed by atoms with Gasteiger partial charge in [0.25, 0.3) is 0 Å². The van der Waals surface area contributed by atoms with Gasteiger partial charge in [-0.05, 0) is 55.4 Å². The smallest absolute Gasteiger partial charge is 0.157 e. The Morgan fingerprint density at radius 2 is 1.68 bits per heavy atom. The summed E-state index contributed by atoms with van der Waals surface area (Å²) in [7, 11) is 0. The fraction of sp³-hybridized carbons (Fsp3) is 0.429. The molecule has 0 N–H and O–H groups in total. The lowest BCUT2D eigenvalue weighted by molar-refractivity contribution is 0.726. The summed E-state index contributed by atoms with van der Waals surface area (Å²) in [5.74, 6) is 1.32. The molecule has 0 unspecified atom stereocenters. The van der Waals surface area contributed by atoms with Gasteiger partial charge in [-0.15, -0.1) is 0 Å². The molecule has 1 aliphatic heterocycles. The molecule has 1 fully saturated rings. The molecule has 0 atom stereocenters. The second-order valence-electron chi connectivity index (χ2n) is 7.28. The minimum absolute atomic E-state index is 0.794. The molecule has 3 heterocycles. The van der Waals surface area contributed by atoms with E-state index in [0.29, 0.717) is 0 Å². The average molecular weight is 330 g/mol. The largest absolute Gasteiger partial charge is 0.357 e. The highest BCUT2D eigenvalue weighted by Gasteiger charge is 2.28. The Morgan fingerprint density at radius 1 is 0.920 bits per heavy atom. The van der Waals surface area contributed by atoms with Gasteiger partial charge < -0.3 is 4.90 Å². The molecule has 0 saturated carbocycles. The van der Waals surface area contributed by atoms with Gasteiger partial charge in [0.1, 0.15) is 11.9 Å². The highest BCUT2D eigenvalue weighted by molar-refractivity contribution is 5.86. The van der Waals surface area contributed by atoms with Crippen molar-refractivity contribution in [2.75, 3.05) is 18.0 Å². The van der Waals surface area contributed by atoms with E-state index in [0.717, 1.165) is 54.6 Å². The zero-order valence-electron chi connectivity index (χ0n) is 14.5. The molecule has 1 aromatic carbocycles. The summed E-state index contributed by atoms with van der Waals surface area (Å²) >= 11 is 0. The van der Waals surface area contributed by atoms with Crippen LogP contribution in [-0.4, -0.2) is 22.5 Å². The normalized spacial score (nSPS) is 17.6. The Hall–Kier alpha value is -2.54. The van der Waals surface area contributed by atoms with E-state index in [-0.39, 0.29) is 0 Å². The molecule has 2 aromatic heterocycles. The molecule has 4 heteroatoms. The van der Waals surface area contributed by atoms with Crippen molar-refractivity contribution in [1.82, 2.24) is 9.38 Å². The molecule has 1 saturated heterocycles. The van der Waals surface area contributed by atoms with Crippen LogP contribution in [0.15, 0.2) is 24.3 Å². The number of nitriles is 1. The first-order chi connectivity index (χ1) is 12.4. The molecule has 126 valence electrons. The van der Waals surface area contributed by atoms with Crippen LogP contribution in [0.2, 0.25) is 0 Å². The molecule has 0 bridgehead atoms. The number of aromatic nitrogens is 2. The van der Waals surface area contributed by atoms with Crippen LogP contribution in [0, 0.1) is 11.3 Å². The highest BCUT2D eigenvalue weighted by Crippen LogP contribution is 2.38. The Bertz CT molecular complexity index is 1000. The Kier molecular flexibility index (Phi) is 3.41. The lowest BCUT2D eigenvalue weighted by Crippen LogP contribution is -2.27. The lowest BCUT2D eigenvalue weighted by atomic mass is 10.1. The van der Waals surface area contributed by atoms with Crippen molar-refractivity contribution in [3.05, 3.63) is 41.0 Å². The molecule has 0 spiro atoms. The summed E-state index contributed by atoms with van der Waals surface area (Å²) in [6.45, 7) is 2.22. The van der Waals surface area contributed by atoms with Gasteiger partial charge in [0, 0.05) is 13.1 Å². The van der Waals surface area contributed by atoms with Crippen molar-refractivity contribution in [2.45, 2.75) is 44.9 Å². The first kappa shape index (κ1) is 14.8. The van der Waals surface area contributed by atoms with Crippen LogP contribution in [0.5, 0.6) is 0 Å². The van der Waals surface area contributed by atoms with Gasteiger partial charge in [-0.2, -0.15) is 5.26 Å². The number of nitrogens with zero attached hydrogens (tertiary/aromatic N) is 4. The van der Waals surface area contributed by atoms with Crippen molar-refractivity contribution >= 4 is 22.5 Å². The fourth-order valence-electron chi connectivity index (χ4n) is 4.68. The van der Waals surface area contributed by atoms with E-state index in [1.165, 1.54) is 42.6 Å². The maximum atomic E-state index is 9.85. The highest BCUT2D eigenvalue weighted by atomic mass is 15.2. The van der Waals surface area contributed by atoms with Gasteiger partial charge in [0.15, 0.2) is 5.65 Å². The Morgan fingerprint density at radius 3 is 2.48 bits per heavy atom. The number of rotatable bonds is 1. The number of hydrogen-bond acceptors (Lipinski definition) is 3. The summed E-state index contributed by atoms with van der Waals surface area (Å²) in [5, 5.41) is 9.85. The van der Waals surface area contributed by atoms with Gasteiger partial charge in [-0.25, -0.2) is 4.98 Å². The molecular formula is C21H22N4. The third kappa shape index (κ3) is 2.15. The molecule has 2 aliphatic rings. The van der Waals surface area contributed by atoms with Crippen LogP contribution < -0.4 is 4.90 Å². The van der Waals surface area contributed by atoms with Crippen LogP contribution in [0.25, 0.3) is 16.7 Å². The number of pyridine rings is 1. The first-order valence-electron chi connectivity index (χ1n) is 9.48. The summed E-state index contributed by atoms with van der Waals surface area (Å²) in [6, 6.07) is 10.8. The molecule has 0 amide bonds. The average Bonchev–Trinajstić information content (AvgIpc) is 3.16. The Labute approximate surface area is 147 Å². The summed E-state index contributed by atoms with van der Waals surface area (Å²) in [6.07, 6.45) is 8.39. The monoisotopic (exact) mass is 330 g/mol. The summed E-state index contributed by atoms with van der Waals surface area (Å²) in [4.78, 5) is 7.43. The van der Waals surface area contributed by atoms with Crippen LogP contribution in [-0.2, 0) is 12.8 Å². The molecular weight excluding hydrogens is 308 g/mol. The minimum atomic E-state index is 0.794. The Balaban J connectivity index is 1.90. The molecule has 5 rings (SSSR count).